The fraction of sp³-hybridized carbons (Fsp3) is 0.0667. The van der Waals surface area contributed by atoms with Gasteiger partial charge in [0.1, 0.15) is 0 Å². The second-order valence-electron chi connectivity index (χ2n) is 4.60. The standard InChI is InChI=1S/C15H10ClN3O3S/c16-12-5-1-3-10(7-12)9-23-15-18-17-14(22-15)11-4-2-6-13(8-11)19(20)21/h1-8H,9H2. The van der Waals surface area contributed by atoms with Crippen LogP contribution in [0.15, 0.2) is 58.2 Å². The molecule has 23 heavy (non-hydrogen) atoms. The van der Waals surface area contributed by atoms with Gasteiger partial charge in [0, 0.05) is 28.5 Å². The lowest BCUT2D eigenvalue weighted by molar-refractivity contribution is -0.384. The summed E-state index contributed by atoms with van der Waals surface area (Å²) in [6.07, 6.45) is 0. The summed E-state index contributed by atoms with van der Waals surface area (Å²) in [6.45, 7) is 0. The number of nitrogens with zero attached hydrogens (tertiary/aromatic N) is 3. The predicted octanol–water partition coefficient (Wildman–Crippen LogP) is 4.59. The molecule has 0 unspecified atom stereocenters. The van der Waals surface area contributed by atoms with E-state index in [-0.39, 0.29) is 11.6 Å². The van der Waals surface area contributed by atoms with Gasteiger partial charge in [-0.1, -0.05) is 41.6 Å². The van der Waals surface area contributed by atoms with E-state index >= 15 is 0 Å². The molecule has 1 heterocycles. The molecule has 0 bridgehead atoms. The first-order chi connectivity index (χ1) is 11.1. The largest absolute Gasteiger partial charge is 0.411 e. The van der Waals surface area contributed by atoms with Crippen molar-refractivity contribution in [1.82, 2.24) is 10.2 Å². The van der Waals surface area contributed by atoms with Crippen molar-refractivity contribution in [2.75, 3.05) is 0 Å². The van der Waals surface area contributed by atoms with E-state index in [1.807, 2.05) is 24.3 Å². The highest BCUT2D eigenvalue weighted by Crippen LogP contribution is 2.28. The molecule has 0 fully saturated rings. The Morgan fingerprint density at radius 2 is 2.00 bits per heavy atom. The van der Waals surface area contributed by atoms with E-state index < -0.39 is 4.92 Å². The molecule has 8 heteroatoms. The van der Waals surface area contributed by atoms with E-state index in [4.69, 9.17) is 16.0 Å². The molecule has 0 atom stereocenters. The maximum absolute atomic E-state index is 10.8. The van der Waals surface area contributed by atoms with Gasteiger partial charge in [0.25, 0.3) is 10.9 Å². The summed E-state index contributed by atoms with van der Waals surface area (Å²) >= 11 is 7.31. The molecule has 0 saturated carbocycles. The highest BCUT2D eigenvalue weighted by Gasteiger charge is 2.13. The maximum Gasteiger partial charge on any atom is 0.277 e. The lowest BCUT2D eigenvalue weighted by Crippen LogP contribution is -1.88. The number of halogens is 1. The summed E-state index contributed by atoms with van der Waals surface area (Å²) in [5, 5.41) is 19.7. The molecule has 0 spiro atoms. The Hall–Kier alpha value is -2.38. The third-order valence-corrected chi connectivity index (χ3v) is 4.09. The molecule has 0 aliphatic heterocycles. The van der Waals surface area contributed by atoms with Crippen LogP contribution in [0.1, 0.15) is 5.56 Å². The molecule has 2 aromatic carbocycles. The van der Waals surface area contributed by atoms with Crippen LogP contribution in [0.3, 0.4) is 0 Å². The molecule has 0 radical (unpaired) electrons. The summed E-state index contributed by atoms with van der Waals surface area (Å²) in [4.78, 5) is 10.3. The average molecular weight is 348 g/mol. The van der Waals surface area contributed by atoms with Gasteiger partial charge in [0.2, 0.25) is 5.89 Å². The van der Waals surface area contributed by atoms with Crippen LogP contribution in [0, 0.1) is 10.1 Å². The minimum atomic E-state index is -0.464. The number of nitro groups is 1. The second kappa shape index (κ2) is 6.80. The van der Waals surface area contributed by atoms with Gasteiger partial charge in [0.05, 0.1) is 4.92 Å². The summed E-state index contributed by atoms with van der Waals surface area (Å²) in [5.74, 6) is 0.888. The van der Waals surface area contributed by atoms with Crippen LogP contribution in [0.2, 0.25) is 5.02 Å². The number of nitro benzene ring substituents is 1. The Morgan fingerprint density at radius 1 is 1.17 bits per heavy atom. The SMILES string of the molecule is O=[N+]([O-])c1cccc(-c2nnc(SCc3cccc(Cl)c3)o2)c1. The number of aromatic nitrogens is 2. The number of non-ortho nitro benzene ring substituents is 1. The summed E-state index contributed by atoms with van der Waals surface area (Å²) < 4.78 is 5.54. The van der Waals surface area contributed by atoms with E-state index in [9.17, 15) is 10.1 Å². The lowest BCUT2D eigenvalue weighted by atomic mass is 10.2. The van der Waals surface area contributed by atoms with Crippen molar-refractivity contribution >= 4 is 29.1 Å². The van der Waals surface area contributed by atoms with Crippen LogP contribution in [0.4, 0.5) is 5.69 Å². The molecule has 0 saturated heterocycles. The fourth-order valence-corrected chi connectivity index (χ4v) is 2.83. The molecule has 0 aliphatic rings. The van der Waals surface area contributed by atoms with E-state index in [0.29, 0.717) is 21.6 Å². The van der Waals surface area contributed by atoms with E-state index in [2.05, 4.69) is 10.2 Å². The Labute approximate surface area is 140 Å². The van der Waals surface area contributed by atoms with E-state index in [1.165, 1.54) is 23.9 Å². The number of benzene rings is 2. The molecule has 6 nitrogen and oxygen atoms in total. The zero-order chi connectivity index (χ0) is 16.2. The van der Waals surface area contributed by atoms with Crippen molar-refractivity contribution in [1.29, 1.82) is 0 Å². The smallest absolute Gasteiger partial charge is 0.277 e. The number of thioether (sulfide) groups is 1. The molecule has 0 amide bonds. The molecule has 0 N–H and O–H groups in total. The second-order valence-corrected chi connectivity index (χ2v) is 5.96. The highest BCUT2D eigenvalue weighted by atomic mass is 35.5. The van der Waals surface area contributed by atoms with Crippen LogP contribution in [0.25, 0.3) is 11.5 Å². The topological polar surface area (TPSA) is 82.1 Å². The van der Waals surface area contributed by atoms with Crippen LogP contribution >= 0.6 is 23.4 Å². The van der Waals surface area contributed by atoms with Gasteiger partial charge in [-0.2, -0.15) is 0 Å². The maximum atomic E-state index is 10.8. The summed E-state index contributed by atoms with van der Waals surface area (Å²) in [6, 6.07) is 13.6. The minimum Gasteiger partial charge on any atom is -0.411 e. The molecule has 0 aliphatic carbocycles. The number of rotatable bonds is 5. The van der Waals surface area contributed by atoms with E-state index in [1.54, 1.807) is 12.1 Å². The zero-order valence-corrected chi connectivity index (χ0v) is 13.3. The van der Waals surface area contributed by atoms with Gasteiger partial charge in [-0.25, -0.2) is 0 Å². The highest BCUT2D eigenvalue weighted by molar-refractivity contribution is 7.98. The molecular formula is C15H10ClN3O3S. The van der Waals surface area contributed by atoms with E-state index in [0.717, 1.165) is 5.56 Å². The molecule has 116 valence electrons. The first-order valence-corrected chi connectivity index (χ1v) is 7.94. The van der Waals surface area contributed by atoms with Gasteiger partial charge >= 0.3 is 0 Å². The van der Waals surface area contributed by atoms with Crippen molar-refractivity contribution in [2.45, 2.75) is 11.0 Å². The Balaban J connectivity index is 1.73. The zero-order valence-electron chi connectivity index (χ0n) is 11.7. The fourth-order valence-electron chi connectivity index (χ4n) is 1.91. The van der Waals surface area contributed by atoms with Crippen molar-refractivity contribution in [2.24, 2.45) is 0 Å². The van der Waals surface area contributed by atoms with Gasteiger partial charge in [-0.15, -0.1) is 10.2 Å². The monoisotopic (exact) mass is 347 g/mol. The van der Waals surface area contributed by atoms with Crippen molar-refractivity contribution in [3.05, 3.63) is 69.2 Å². The molecule has 3 rings (SSSR count). The third kappa shape index (κ3) is 3.88. The normalized spacial score (nSPS) is 10.7. The third-order valence-electron chi connectivity index (χ3n) is 2.96. The number of hydrogen-bond donors (Lipinski definition) is 0. The number of hydrogen-bond acceptors (Lipinski definition) is 6. The van der Waals surface area contributed by atoms with Crippen LogP contribution in [-0.2, 0) is 5.75 Å². The average Bonchev–Trinajstić information content (AvgIpc) is 3.02. The van der Waals surface area contributed by atoms with Gasteiger partial charge in [-0.05, 0) is 23.8 Å². The predicted molar refractivity (Wildman–Crippen MR) is 87.4 cm³/mol. The van der Waals surface area contributed by atoms with Gasteiger partial charge in [0.15, 0.2) is 0 Å². The molecule has 3 aromatic rings. The van der Waals surface area contributed by atoms with Crippen LogP contribution < -0.4 is 0 Å². The van der Waals surface area contributed by atoms with Crippen LogP contribution in [0.5, 0.6) is 0 Å². The van der Waals surface area contributed by atoms with Gasteiger partial charge in [-0.3, -0.25) is 10.1 Å². The Kier molecular flexibility index (Phi) is 4.59. The van der Waals surface area contributed by atoms with Crippen molar-refractivity contribution < 1.29 is 9.34 Å². The first-order valence-electron chi connectivity index (χ1n) is 6.57. The quantitative estimate of drug-likeness (QED) is 0.381. The van der Waals surface area contributed by atoms with Crippen molar-refractivity contribution in [3.63, 3.8) is 0 Å². The molecule has 1 aromatic heterocycles. The summed E-state index contributed by atoms with van der Waals surface area (Å²) in [5.41, 5.74) is 1.53. The molecular weight excluding hydrogens is 338 g/mol. The first kappa shape index (κ1) is 15.5. The minimum absolute atomic E-state index is 0.0196. The van der Waals surface area contributed by atoms with Crippen LogP contribution in [-0.4, -0.2) is 15.1 Å². The van der Waals surface area contributed by atoms with Crippen molar-refractivity contribution in [3.8, 4) is 11.5 Å². The summed E-state index contributed by atoms with van der Waals surface area (Å²) in [7, 11) is 0. The lowest BCUT2D eigenvalue weighted by Gasteiger charge is -1.98. The van der Waals surface area contributed by atoms with Gasteiger partial charge < -0.3 is 4.42 Å². The Bertz CT molecular complexity index is 853. The Morgan fingerprint density at radius 3 is 2.78 bits per heavy atom.